The average molecular weight is 353 g/mol. The van der Waals surface area contributed by atoms with E-state index in [4.69, 9.17) is 4.52 Å². The van der Waals surface area contributed by atoms with Gasteiger partial charge in [-0.1, -0.05) is 17.3 Å². The molecular formula is C19H23N5O2. The van der Waals surface area contributed by atoms with Gasteiger partial charge in [0.2, 0.25) is 5.89 Å². The third kappa shape index (κ3) is 3.39. The second kappa shape index (κ2) is 6.99. The van der Waals surface area contributed by atoms with Crippen LogP contribution >= 0.6 is 0 Å². The lowest BCUT2D eigenvalue weighted by atomic mass is 9.96. The third-order valence-corrected chi connectivity index (χ3v) is 5.14. The number of para-hydroxylation sites is 1. The summed E-state index contributed by atoms with van der Waals surface area (Å²) in [4.78, 5) is 24.0. The lowest BCUT2D eigenvalue weighted by Gasteiger charge is -2.31. The Morgan fingerprint density at radius 3 is 2.65 bits per heavy atom. The van der Waals surface area contributed by atoms with Gasteiger partial charge in [-0.3, -0.25) is 14.3 Å². The monoisotopic (exact) mass is 353 g/mol. The largest absolute Gasteiger partial charge is 0.340 e. The molecule has 0 spiro atoms. The molecule has 0 unspecified atom stereocenters. The van der Waals surface area contributed by atoms with Crippen LogP contribution in [0.25, 0.3) is 10.9 Å². The summed E-state index contributed by atoms with van der Waals surface area (Å²) < 4.78 is 6.87. The second-order valence-electron chi connectivity index (χ2n) is 7.04. The molecule has 26 heavy (non-hydrogen) atoms. The molecule has 1 aromatic carbocycles. The summed E-state index contributed by atoms with van der Waals surface area (Å²) in [6.07, 6.45) is 2.10. The Labute approximate surface area is 151 Å². The number of hydrogen-bond acceptors (Lipinski definition) is 6. The number of piperidine rings is 1. The molecule has 3 heterocycles. The van der Waals surface area contributed by atoms with Crippen LogP contribution in [-0.2, 0) is 13.1 Å². The molecule has 0 N–H and O–H groups in total. The van der Waals surface area contributed by atoms with Crippen LogP contribution < -0.4 is 5.56 Å². The summed E-state index contributed by atoms with van der Waals surface area (Å²) in [6.45, 7) is 7.14. The van der Waals surface area contributed by atoms with Gasteiger partial charge in [-0.2, -0.15) is 4.98 Å². The van der Waals surface area contributed by atoms with Gasteiger partial charge >= 0.3 is 0 Å². The van der Waals surface area contributed by atoms with Crippen molar-refractivity contribution in [2.45, 2.75) is 39.8 Å². The van der Waals surface area contributed by atoms with Crippen LogP contribution in [0.3, 0.4) is 0 Å². The highest BCUT2D eigenvalue weighted by Gasteiger charge is 2.22. The summed E-state index contributed by atoms with van der Waals surface area (Å²) in [7, 11) is 0. The summed E-state index contributed by atoms with van der Waals surface area (Å²) in [5.41, 5.74) is 0.842. The molecule has 0 amide bonds. The van der Waals surface area contributed by atoms with Gasteiger partial charge in [0.05, 0.1) is 17.4 Å². The van der Waals surface area contributed by atoms with Gasteiger partial charge in [0.15, 0.2) is 5.82 Å². The molecule has 4 rings (SSSR count). The van der Waals surface area contributed by atoms with E-state index < -0.39 is 0 Å². The predicted molar refractivity (Wildman–Crippen MR) is 97.8 cm³/mol. The number of likely N-dealkylation sites (tertiary alicyclic amines) is 1. The van der Waals surface area contributed by atoms with Crippen molar-refractivity contribution in [1.82, 2.24) is 24.6 Å². The second-order valence-corrected chi connectivity index (χ2v) is 7.04. The predicted octanol–water partition coefficient (Wildman–Crippen LogP) is 2.31. The zero-order valence-electron chi connectivity index (χ0n) is 15.2. The topological polar surface area (TPSA) is 77.1 Å². The van der Waals surface area contributed by atoms with Gasteiger partial charge < -0.3 is 4.52 Å². The van der Waals surface area contributed by atoms with Crippen molar-refractivity contribution < 1.29 is 4.52 Å². The van der Waals surface area contributed by atoms with E-state index in [0.29, 0.717) is 17.2 Å². The van der Waals surface area contributed by atoms with E-state index in [-0.39, 0.29) is 5.56 Å². The van der Waals surface area contributed by atoms with Crippen molar-refractivity contribution >= 4 is 10.9 Å². The highest BCUT2D eigenvalue weighted by Crippen LogP contribution is 2.20. The Morgan fingerprint density at radius 1 is 1.15 bits per heavy atom. The van der Waals surface area contributed by atoms with Crippen LogP contribution in [0.1, 0.15) is 30.4 Å². The fourth-order valence-electron chi connectivity index (χ4n) is 3.68. The zero-order valence-corrected chi connectivity index (χ0v) is 15.2. The molecule has 1 aliphatic heterocycles. The van der Waals surface area contributed by atoms with Crippen LogP contribution in [0.4, 0.5) is 0 Å². The number of fused-ring (bicyclic) bond motifs is 1. The highest BCUT2D eigenvalue weighted by molar-refractivity contribution is 5.77. The zero-order chi connectivity index (χ0) is 18.1. The van der Waals surface area contributed by atoms with Crippen molar-refractivity contribution in [2.24, 2.45) is 5.92 Å². The number of aryl methyl sites for hydroxylation is 2. The SMILES string of the molecule is Cc1nc(CN2CCC(Cn3c(C)nc4ccccc4c3=O)CC2)no1. The molecule has 0 aliphatic carbocycles. The summed E-state index contributed by atoms with van der Waals surface area (Å²) in [5, 5.41) is 4.66. The summed E-state index contributed by atoms with van der Waals surface area (Å²) in [6, 6.07) is 7.56. The molecule has 1 fully saturated rings. The fraction of sp³-hybridized carbons (Fsp3) is 0.474. The summed E-state index contributed by atoms with van der Waals surface area (Å²) >= 11 is 0. The van der Waals surface area contributed by atoms with E-state index >= 15 is 0 Å². The Hall–Kier alpha value is -2.54. The first-order valence-corrected chi connectivity index (χ1v) is 9.08. The minimum Gasteiger partial charge on any atom is -0.340 e. The van der Waals surface area contributed by atoms with E-state index in [0.717, 1.165) is 56.2 Å². The van der Waals surface area contributed by atoms with E-state index in [9.17, 15) is 4.79 Å². The minimum absolute atomic E-state index is 0.0674. The van der Waals surface area contributed by atoms with Crippen molar-refractivity contribution in [3.05, 3.63) is 52.2 Å². The van der Waals surface area contributed by atoms with Crippen LogP contribution in [0.5, 0.6) is 0 Å². The molecule has 7 nitrogen and oxygen atoms in total. The molecule has 0 saturated carbocycles. The first-order chi connectivity index (χ1) is 12.6. The molecule has 7 heteroatoms. The number of nitrogens with zero attached hydrogens (tertiary/aromatic N) is 5. The molecule has 0 atom stereocenters. The van der Waals surface area contributed by atoms with Gasteiger partial charge in [-0.05, 0) is 50.9 Å². The molecule has 1 aliphatic rings. The molecule has 136 valence electrons. The van der Waals surface area contributed by atoms with E-state index in [1.807, 2.05) is 35.8 Å². The van der Waals surface area contributed by atoms with Crippen LogP contribution in [0.15, 0.2) is 33.6 Å². The maximum atomic E-state index is 12.8. The fourth-order valence-corrected chi connectivity index (χ4v) is 3.68. The van der Waals surface area contributed by atoms with Gasteiger partial charge in [0, 0.05) is 13.5 Å². The minimum atomic E-state index is 0.0674. The average Bonchev–Trinajstić information content (AvgIpc) is 3.05. The first kappa shape index (κ1) is 16.9. The molecule has 2 aromatic heterocycles. The first-order valence-electron chi connectivity index (χ1n) is 9.08. The Morgan fingerprint density at radius 2 is 1.92 bits per heavy atom. The van der Waals surface area contributed by atoms with E-state index in [1.54, 1.807) is 6.92 Å². The number of hydrogen-bond donors (Lipinski definition) is 0. The van der Waals surface area contributed by atoms with Gasteiger partial charge in [-0.25, -0.2) is 4.98 Å². The number of rotatable bonds is 4. The molecule has 1 saturated heterocycles. The normalized spacial score (nSPS) is 16.4. The quantitative estimate of drug-likeness (QED) is 0.716. The molecular weight excluding hydrogens is 330 g/mol. The van der Waals surface area contributed by atoms with Crippen molar-refractivity contribution in [2.75, 3.05) is 13.1 Å². The van der Waals surface area contributed by atoms with Gasteiger partial charge in [0.1, 0.15) is 5.82 Å². The molecule has 0 bridgehead atoms. The number of benzene rings is 1. The maximum absolute atomic E-state index is 12.8. The Kier molecular flexibility index (Phi) is 4.55. The van der Waals surface area contributed by atoms with Crippen LogP contribution in [-0.4, -0.2) is 37.7 Å². The molecule has 3 aromatic rings. The highest BCUT2D eigenvalue weighted by atomic mass is 16.5. The summed E-state index contributed by atoms with van der Waals surface area (Å²) in [5.74, 6) is 2.62. The van der Waals surface area contributed by atoms with Gasteiger partial charge in [-0.15, -0.1) is 0 Å². The van der Waals surface area contributed by atoms with Gasteiger partial charge in [0.25, 0.3) is 5.56 Å². The third-order valence-electron chi connectivity index (χ3n) is 5.14. The Balaban J connectivity index is 1.43. The molecule has 0 radical (unpaired) electrons. The van der Waals surface area contributed by atoms with E-state index in [1.165, 1.54) is 0 Å². The maximum Gasteiger partial charge on any atom is 0.261 e. The number of aromatic nitrogens is 4. The van der Waals surface area contributed by atoms with Crippen molar-refractivity contribution in [3.63, 3.8) is 0 Å². The van der Waals surface area contributed by atoms with Crippen LogP contribution in [0.2, 0.25) is 0 Å². The van der Waals surface area contributed by atoms with E-state index in [2.05, 4.69) is 20.0 Å². The lowest BCUT2D eigenvalue weighted by molar-refractivity contribution is 0.161. The van der Waals surface area contributed by atoms with Crippen molar-refractivity contribution in [1.29, 1.82) is 0 Å². The van der Waals surface area contributed by atoms with Crippen LogP contribution in [0, 0.1) is 19.8 Å². The van der Waals surface area contributed by atoms with Crippen molar-refractivity contribution in [3.8, 4) is 0 Å². The smallest absolute Gasteiger partial charge is 0.261 e. The Bertz CT molecular complexity index is 969. The lowest BCUT2D eigenvalue weighted by Crippen LogP contribution is -2.36. The standard InChI is InChI=1S/C19H23N5O2/c1-13-20-17-6-4-3-5-16(17)19(25)24(13)11-15-7-9-23(10-8-15)12-18-21-14(2)26-22-18/h3-6,15H,7-12H2,1-2H3.